The van der Waals surface area contributed by atoms with Crippen LogP contribution < -0.4 is 9.47 Å². The summed E-state index contributed by atoms with van der Waals surface area (Å²) in [6, 6.07) is 10.4. The summed E-state index contributed by atoms with van der Waals surface area (Å²) in [6.07, 6.45) is -0.348. The van der Waals surface area contributed by atoms with E-state index < -0.39 is 6.10 Å². The molecule has 0 amide bonds. The maximum Gasteiger partial charge on any atom is 0.204 e. The Bertz CT molecular complexity index is 694. The molecule has 0 bridgehead atoms. The highest BCUT2D eigenvalue weighted by atomic mass is 16.5. The number of ether oxygens (including phenoxy) is 2. The number of Topliss-reactive ketones (excluding diaryl/α,β-unsaturated/α-hetero) is 1. The Morgan fingerprint density at radius 3 is 2.57 bits per heavy atom. The van der Waals surface area contributed by atoms with E-state index in [9.17, 15) is 15.0 Å². The molecule has 0 fully saturated rings. The minimum atomic E-state index is -0.471. The van der Waals surface area contributed by atoms with Crippen LogP contribution >= 0.6 is 0 Å². The summed E-state index contributed by atoms with van der Waals surface area (Å²) in [5.74, 6) is -0.687. The third-order valence-electron chi connectivity index (χ3n) is 3.48. The molecule has 0 radical (unpaired) electrons. The van der Waals surface area contributed by atoms with Crippen molar-refractivity contribution in [1.29, 1.82) is 0 Å². The molecule has 2 aromatic rings. The van der Waals surface area contributed by atoms with Crippen LogP contribution in [0, 0.1) is 0 Å². The van der Waals surface area contributed by atoms with E-state index in [1.807, 2.05) is 30.3 Å². The highest BCUT2D eigenvalue weighted by Gasteiger charge is 2.34. The number of hydrogen-bond acceptors (Lipinski definition) is 5. The molecule has 1 aliphatic heterocycles. The molecule has 2 aromatic carbocycles. The van der Waals surface area contributed by atoms with Crippen molar-refractivity contribution < 1.29 is 24.5 Å². The second-order valence-electron chi connectivity index (χ2n) is 4.80. The van der Waals surface area contributed by atoms with Gasteiger partial charge in [-0.2, -0.15) is 0 Å². The zero-order valence-electron chi connectivity index (χ0n) is 11.4. The second kappa shape index (κ2) is 5.01. The average Bonchev–Trinajstić information content (AvgIpc) is 2.47. The maximum atomic E-state index is 12.3. The van der Waals surface area contributed by atoms with Crippen LogP contribution in [0.1, 0.15) is 28.4 Å². The normalized spacial score (nSPS) is 17.0. The lowest BCUT2D eigenvalue weighted by Gasteiger charge is -2.27. The molecule has 2 N–H and O–H groups in total. The van der Waals surface area contributed by atoms with Crippen molar-refractivity contribution in [3.05, 3.63) is 47.5 Å². The number of benzene rings is 2. The second-order valence-corrected chi connectivity index (χ2v) is 4.80. The first-order valence-corrected chi connectivity index (χ1v) is 6.49. The molecule has 1 atom stereocenters. The van der Waals surface area contributed by atoms with Crippen LogP contribution in [0.3, 0.4) is 0 Å². The number of rotatable bonds is 2. The summed E-state index contributed by atoms with van der Waals surface area (Å²) in [5.41, 5.74) is 0.901. The van der Waals surface area contributed by atoms with Crippen molar-refractivity contribution >= 4 is 5.78 Å². The van der Waals surface area contributed by atoms with Crippen LogP contribution in [0.15, 0.2) is 36.4 Å². The number of carbonyl (C=O) groups excluding carboxylic acids is 1. The van der Waals surface area contributed by atoms with Crippen LogP contribution in [0.25, 0.3) is 0 Å². The van der Waals surface area contributed by atoms with Crippen LogP contribution in [0.5, 0.6) is 23.0 Å². The van der Waals surface area contributed by atoms with Gasteiger partial charge in [0.05, 0.1) is 13.5 Å². The van der Waals surface area contributed by atoms with Gasteiger partial charge in [-0.15, -0.1) is 0 Å². The van der Waals surface area contributed by atoms with Gasteiger partial charge in [-0.3, -0.25) is 4.79 Å². The Labute approximate surface area is 121 Å². The number of aromatic hydroxyl groups is 2. The van der Waals surface area contributed by atoms with Gasteiger partial charge in [0.1, 0.15) is 17.4 Å². The van der Waals surface area contributed by atoms with E-state index in [1.54, 1.807) is 0 Å². The van der Waals surface area contributed by atoms with Crippen LogP contribution in [-0.2, 0) is 0 Å². The van der Waals surface area contributed by atoms with Gasteiger partial charge in [0.15, 0.2) is 17.3 Å². The van der Waals surface area contributed by atoms with Gasteiger partial charge in [0, 0.05) is 6.07 Å². The number of phenols is 2. The van der Waals surface area contributed by atoms with Gasteiger partial charge in [-0.05, 0) is 5.56 Å². The summed E-state index contributed by atoms with van der Waals surface area (Å²) in [5, 5.41) is 19.7. The fraction of sp³-hybridized carbons (Fsp3) is 0.188. The first-order valence-electron chi connectivity index (χ1n) is 6.49. The molecule has 0 saturated carbocycles. The van der Waals surface area contributed by atoms with Crippen molar-refractivity contribution in [1.82, 2.24) is 0 Å². The molecule has 5 nitrogen and oxygen atoms in total. The number of methoxy groups -OCH3 is 1. The zero-order valence-corrected chi connectivity index (χ0v) is 11.4. The summed E-state index contributed by atoms with van der Waals surface area (Å²) in [4.78, 5) is 12.3. The van der Waals surface area contributed by atoms with Crippen molar-refractivity contribution in [3.8, 4) is 23.0 Å². The SMILES string of the molecule is COc1c(O)cc(O)c2c1O[C@@H](c1ccccc1)CC2=O. The number of carbonyl (C=O) groups is 1. The minimum absolute atomic E-state index is 0.0526. The smallest absolute Gasteiger partial charge is 0.204 e. The monoisotopic (exact) mass is 286 g/mol. The highest BCUT2D eigenvalue weighted by Crippen LogP contribution is 2.49. The lowest BCUT2D eigenvalue weighted by atomic mass is 9.95. The Morgan fingerprint density at radius 2 is 1.90 bits per heavy atom. The number of fused-ring (bicyclic) bond motifs is 1. The van der Waals surface area contributed by atoms with E-state index in [2.05, 4.69) is 0 Å². The lowest BCUT2D eigenvalue weighted by Crippen LogP contribution is -2.21. The predicted molar refractivity (Wildman–Crippen MR) is 75.1 cm³/mol. The molecular weight excluding hydrogens is 272 g/mol. The predicted octanol–water partition coefficient (Wildman–Crippen LogP) is 2.81. The summed E-state index contributed by atoms with van der Waals surface area (Å²) in [6.45, 7) is 0. The topological polar surface area (TPSA) is 76.0 Å². The van der Waals surface area contributed by atoms with Crippen molar-refractivity contribution in [2.24, 2.45) is 0 Å². The van der Waals surface area contributed by atoms with Gasteiger partial charge in [0.25, 0.3) is 0 Å². The quantitative estimate of drug-likeness (QED) is 0.887. The van der Waals surface area contributed by atoms with E-state index in [4.69, 9.17) is 9.47 Å². The molecular formula is C16H14O5. The van der Waals surface area contributed by atoms with Crippen LogP contribution in [0.2, 0.25) is 0 Å². The molecule has 0 saturated heterocycles. The standard InChI is InChI=1S/C16H14O5/c1-20-15-12(19)7-10(17)14-11(18)8-13(21-16(14)15)9-5-3-2-4-6-9/h2-7,13,17,19H,8H2,1H3/t13-/m1/s1. The molecule has 1 heterocycles. The van der Waals surface area contributed by atoms with Crippen LogP contribution in [0.4, 0.5) is 0 Å². The van der Waals surface area contributed by atoms with Gasteiger partial charge < -0.3 is 19.7 Å². The molecule has 0 unspecified atom stereocenters. The average molecular weight is 286 g/mol. The minimum Gasteiger partial charge on any atom is -0.507 e. The first-order chi connectivity index (χ1) is 10.1. The maximum absolute atomic E-state index is 12.3. The number of hydrogen-bond donors (Lipinski definition) is 2. The molecule has 0 aromatic heterocycles. The third-order valence-corrected chi connectivity index (χ3v) is 3.48. The summed E-state index contributed by atoms with van der Waals surface area (Å²) >= 11 is 0. The van der Waals surface area contributed by atoms with Crippen molar-refractivity contribution in [2.75, 3.05) is 7.11 Å². The largest absolute Gasteiger partial charge is 0.507 e. The molecule has 0 aliphatic carbocycles. The van der Waals surface area contributed by atoms with Crippen molar-refractivity contribution in [2.45, 2.75) is 12.5 Å². The highest BCUT2D eigenvalue weighted by molar-refractivity contribution is 6.03. The lowest BCUT2D eigenvalue weighted by molar-refractivity contribution is 0.0836. The fourth-order valence-electron chi connectivity index (χ4n) is 2.50. The zero-order chi connectivity index (χ0) is 15.0. The molecule has 3 rings (SSSR count). The summed E-state index contributed by atoms with van der Waals surface area (Å²) < 4.78 is 10.9. The molecule has 21 heavy (non-hydrogen) atoms. The first kappa shape index (κ1) is 13.3. The Kier molecular flexibility index (Phi) is 3.17. The number of phenolic OH excluding ortho intramolecular Hbond substituents is 2. The Balaban J connectivity index is 2.11. The molecule has 1 aliphatic rings. The molecule has 5 heteroatoms. The van der Waals surface area contributed by atoms with Crippen LogP contribution in [-0.4, -0.2) is 23.1 Å². The van der Waals surface area contributed by atoms with E-state index >= 15 is 0 Å². The third kappa shape index (κ3) is 2.16. The van der Waals surface area contributed by atoms with E-state index in [0.29, 0.717) is 0 Å². The van der Waals surface area contributed by atoms with E-state index in [1.165, 1.54) is 7.11 Å². The summed E-state index contributed by atoms with van der Waals surface area (Å²) in [7, 11) is 1.37. The van der Waals surface area contributed by atoms with Gasteiger partial charge in [-0.25, -0.2) is 0 Å². The molecule has 0 spiro atoms. The molecule has 108 valence electrons. The van der Waals surface area contributed by atoms with Gasteiger partial charge in [0.2, 0.25) is 5.75 Å². The Morgan fingerprint density at radius 1 is 1.19 bits per heavy atom. The van der Waals surface area contributed by atoms with E-state index in [-0.39, 0.29) is 40.8 Å². The van der Waals surface area contributed by atoms with Crippen molar-refractivity contribution in [3.63, 3.8) is 0 Å². The van der Waals surface area contributed by atoms with E-state index in [0.717, 1.165) is 11.6 Å². The Hall–Kier alpha value is -2.69. The fourth-order valence-corrected chi connectivity index (χ4v) is 2.50. The van der Waals surface area contributed by atoms with Gasteiger partial charge in [-0.1, -0.05) is 30.3 Å². The van der Waals surface area contributed by atoms with Gasteiger partial charge >= 0.3 is 0 Å². The number of ketones is 1.